The number of nitrogen functional groups attached to an aromatic ring is 1. The summed E-state index contributed by atoms with van der Waals surface area (Å²) >= 11 is 0. The number of rotatable bonds is 2. The first kappa shape index (κ1) is 11.1. The fraction of sp³-hybridized carbons (Fsp3) is 0.636. The van der Waals surface area contributed by atoms with E-state index in [4.69, 9.17) is 10.5 Å². The SMILES string of the molecule is CCc1nc(N)cc(N2CCCOCC2)n1. The number of nitrogens with two attached hydrogens (primary N) is 1. The molecule has 0 aromatic carbocycles. The zero-order valence-electron chi connectivity index (χ0n) is 9.65. The Bertz CT molecular complexity index is 348. The molecule has 16 heavy (non-hydrogen) atoms. The lowest BCUT2D eigenvalue weighted by Gasteiger charge is -2.21. The Kier molecular flexibility index (Phi) is 3.56. The van der Waals surface area contributed by atoms with Crippen LogP contribution in [-0.4, -0.2) is 36.3 Å². The highest BCUT2D eigenvalue weighted by Gasteiger charge is 2.12. The van der Waals surface area contributed by atoms with Crippen LogP contribution >= 0.6 is 0 Å². The van der Waals surface area contributed by atoms with Crippen molar-refractivity contribution in [3.63, 3.8) is 0 Å². The molecule has 0 aliphatic carbocycles. The molecule has 0 atom stereocenters. The average Bonchev–Trinajstić information content (AvgIpc) is 2.56. The van der Waals surface area contributed by atoms with E-state index in [0.717, 1.165) is 50.8 Å². The molecule has 0 bridgehead atoms. The Morgan fingerprint density at radius 1 is 1.38 bits per heavy atom. The lowest BCUT2D eigenvalue weighted by Crippen LogP contribution is -2.27. The van der Waals surface area contributed by atoms with E-state index in [2.05, 4.69) is 14.9 Å². The molecule has 0 unspecified atom stereocenters. The highest BCUT2D eigenvalue weighted by atomic mass is 16.5. The van der Waals surface area contributed by atoms with Crippen molar-refractivity contribution in [2.75, 3.05) is 36.9 Å². The second kappa shape index (κ2) is 5.12. The molecule has 0 saturated carbocycles. The van der Waals surface area contributed by atoms with Crippen molar-refractivity contribution in [3.05, 3.63) is 11.9 Å². The minimum Gasteiger partial charge on any atom is -0.384 e. The van der Waals surface area contributed by atoms with Crippen LogP contribution in [0.4, 0.5) is 11.6 Å². The zero-order chi connectivity index (χ0) is 11.4. The number of nitrogens with zero attached hydrogens (tertiary/aromatic N) is 3. The van der Waals surface area contributed by atoms with Gasteiger partial charge in [-0.1, -0.05) is 6.92 Å². The topological polar surface area (TPSA) is 64.3 Å². The molecule has 0 amide bonds. The predicted molar refractivity (Wildman–Crippen MR) is 63.5 cm³/mol. The highest BCUT2D eigenvalue weighted by molar-refractivity contribution is 5.47. The fourth-order valence-electron chi connectivity index (χ4n) is 1.80. The third-order valence-corrected chi connectivity index (χ3v) is 2.64. The van der Waals surface area contributed by atoms with Crippen molar-refractivity contribution in [1.82, 2.24) is 9.97 Å². The van der Waals surface area contributed by atoms with Crippen LogP contribution in [0.1, 0.15) is 19.2 Å². The van der Waals surface area contributed by atoms with Crippen molar-refractivity contribution in [3.8, 4) is 0 Å². The van der Waals surface area contributed by atoms with Crippen LogP contribution in [0, 0.1) is 0 Å². The van der Waals surface area contributed by atoms with Gasteiger partial charge in [0.1, 0.15) is 17.5 Å². The van der Waals surface area contributed by atoms with Gasteiger partial charge in [-0.15, -0.1) is 0 Å². The summed E-state index contributed by atoms with van der Waals surface area (Å²) in [6.07, 6.45) is 1.84. The Morgan fingerprint density at radius 2 is 2.25 bits per heavy atom. The van der Waals surface area contributed by atoms with Crippen LogP contribution in [0.15, 0.2) is 6.07 Å². The molecule has 5 heteroatoms. The molecular weight excluding hydrogens is 204 g/mol. The monoisotopic (exact) mass is 222 g/mol. The number of aryl methyl sites for hydroxylation is 1. The van der Waals surface area contributed by atoms with Gasteiger partial charge in [0.25, 0.3) is 0 Å². The summed E-state index contributed by atoms with van der Waals surface area (Å²) in [5.41, 5.74) is 5.77. The number of hydrogen-bond donors (Lipinski definition) is 1. The summed E-state index contributed by atoms with van der Waals surface area (Å²) in [6.45, 7) is 5.46. The number of ether oxygens (including phenoxy) is 1. The van der Waals surface area contributed by atoms with Crippen LogP contribution in [0.5, 0.6) is 0 Å². The Labute approximate surface area is 95.6 Å². The number of aromatic nitrogens is 2. The summed E-state index contributed by atoms with van der Waals surface area (Å²) in [6, 6.07) is 1.84. The van der Waals surface area contributed by atoms with Crippen molar-refractivity contribution in [2.24, 2.45) is 0 Å². The van der Waals surface area contributed by atoms with Gasteiger partial charge in [-0.2, -0.15) is 0 Å². The molecule has 1 fully saturated rings. The second-order valence-electron chi connectivity index (χ2n) is 3.87. The number of anilines is 2. The van der Waals surface area contributed by atoms with E-state index in [1.54, 1.807) is 0 Å². The molecular formula is C11H18N4O. The molecule has 2 rings (SSSR count). The van der Waals surface area contributed by atoms with Crippen LogP contribution in [-0.2, 0) is 11.2 Å². The Hall–Kier alpha value is -1.36. The lowest BCUT2D eigenvalue weighted by molar-refractivity contribution is 0.152. The van der Waals surface area contributed by atoms with E-state index in [-0.39, 0.29) is 0 Å². The van der Waals surface area contributed by atoms with Gasteiger partial charge in [0, 0.05) is 32.2 Å². The van der Waals surface area contributed by atoms with Crippen LogP contribution in [0.3, 0.4) is 0 Å². The highest BCUT2D eigenvalue weighted by Crippen LogP contribution is 2.15. The minimum absolute atomic E-state index is 0.548. The summed E-state index contributed by atoms with van der Waals surface area (Å²) in [5, 5.41) is 0. The molecule has 1 aromatic rings. The molecule has 0 radical (unpaired) electrons. The summed E-state index contributed by atoms with van der Waals surface area (Å²) in [7, 11) is 0. The first-order valence-corrected chi connectivity index (χ1v) is 5.75. The number of hydrogen-bond acceptors (Lipinski definition) is 5. The molecule has 0 spiro atoms. The molecule has 2 N–H and O–H groups in total. The third kappa shape index (κ3) is 2.61. The molecule has 1 aliphatic heterocycles. The molecule has 5 nitrogen and oxygen atoms in total. The van der Waals surface area contributed by atoms with Gasteiger partial charge < -0.3 is 15.4 Å². The van der Waals surface area contributed by atoms with E-state index in [1.807, 2.05) is 13.0 Å². The van der Waals surface area contributed by atoms with Gasteiger partial charge in [-0.25, -0.2) is 9.97 Å². The minimum atomic E-state index is 0.548. The van der Waals surface area contributed by atoms with Gasteiger partial charge in [0.05, 0.1) is 6.61 Å². The smallest absolute Gasteiger partial charge is 0.134 e. The Morgan fingerprint density at radius 3 is 3.06 bits per heavy atom. The second-order valence-corrected chi connectivity index (χ2v) is 3.87. The summed E-state index contributed by atoms with van der Waals surface area (Å²) < 4.78 is 5.42. The zero-order valence-corrected chi connectivity index (χ0v) is 9.65. The molecule has 1 aromatic heterocycles. The third-order valence-electron chi connectivity index (χ3n) is 2.64. The fourth-order valence-corrected chi connectivity index (χ4v) is 1.80. The van der Waals surface area contributed by atoms with Crippen molar-refractivity contribution in [1.29, 1.82) is 0 Å². The van der Waals surface area contributed by atoms with Crippen molar-refractivity contribution < 1.29 is 4.74 Å². The van der Waals surface area contributed by atoms with E-state index in [0.29, 0.717) is 5.82 Å². The quantitative estimate of drug-likeness (QED) is 0.803. The van der Waals surface area contributed by atoms with E-state index >= 15 is 0 Å². The van der Waals surface area contributed by atoms with Gasteiger partial charge in [-0.05, 0) is 6.42 Å². The van der Waals surface area contributed by atoms with Gasteiger partial charge in [-0.3, -0.25) is 0 Å². The van der Waals surface area contributed by atoms with Crippen LogP contribution in [0.25, 0.3) is 0 Å². The van der Waals surface area contributed by atoms with E-state index in [1.165, 1.54) is 0 Å². The van der Waals surface area contributed by atoms with Crippen molar-refractivity contribution >= 4 is 11.6 Å². The van der Waals surface area contributed by atoms with Gasteiger partial charge in [0.2, 0.25) is 0 Å². The maximum atomic E-state index is 5.77. The normalized spacial score (nSPS) is 17.2. The maximum absolute atomic E-state index is 5.77. The Balaban J connectivity index is 2.20. The lowest BCUT2D eigenvalue weighted by atomic mass is 10.3. The van der Waals surface area contributed by atoms with Crippen LogP contribution in [0.2, 0.25) is 0 Å². The molecule has 88 valence electrons. The largest absolute Gasteiger partial charge is 0.384 e. The van der Waals surface area contributed by atoms with Crippen molar-refractivity contribution in [2.45, 2.75) is 19.8 Å². The van der Waals surface area contributed by atoms with Gasteiger partial charge >= 0.3 is 0 Å². The summed E-state index contributed by atoms with van der Waals surface area (Å²) in [5.74, 6) is 2.28. The average molecular weight is 222 g/mol. The van der Waals surface area contributed by atoms with Gasteiger partial charge in [0.15, 0.2) is 0 Å². The van der Waals surface area contributed by atoms with E-state index < -0.39 is 0 Å². The standard InChI is InChI=1S/C11H18N4O/c1-2-10-13-9(12)8-11(14-10)15-4-3-6-16-7-5-15/h8H,2-7H2,1H3,(H2,12,13,14). The summed E-state index contributed by atoms with van der Waals surface area (Å²) in [4.78, 5) is 10.9. The van der Waals surface area contributed by atoms with Crippen LogP contribution < -0.4 is 10.6 Å². The molecule has 2 heterocycles. The predicted octanol–water partition coefficient (Wildman–Crippen LogP) is 0.848. The maximum Gasteiger partial charge on any atom is 0.134 e. The van der Waals surface area contributed by atoms with E-state index in [9.17, 15) is 0 Å². The molecule has 1 saturated heterocycles. The first-order chi connectivity index (χ1) is 7.79. The molecule has 1 aliphatic rings. The first-order valence-electron chi connectivity index (χ1n) is 5.75.